The zero-order chi connectivity index (χ0) is 11.8. The Morgan fingerprint density at radius 1 is 1.29 bits per heavy atom. The minimum absolute atomic E-state index is 0.104. The van der Waals surface area contributed by atoms with Crippen LogP contribution in [0.5, 0.6) is 5.75 Å². The topological polar surface area (TPSA) is 64.4 Å². The highest BCUT2D eigenvalue weighted by molar-refractivity contribution is 5.36. The number of piperidine rings is 1. The summed E-state index contributed by atoms with van der Waals surface area (Å²) >= 11 is 0. The van der Waals surface area contributed by atoms with Gasteiger partial charge in [0.05, 0.1) is 4.92 Å². The van der Waals surface area contributed by atoms with Crippen LogP contribution in [0.4, 0.5) is 5.69 Å². The van der Waals surface area contributed by atoms with Crippen LogP contribution in [-0.4, -0.2) is 23.6 Å². The SMILES string of the molecule is O=[N+]([O-])c1ccc(OC2CC3CC2CN3)cc1. The summed E-state index contributed by atoms with van der Waals surface area (Å²) in [7, 11) is 0. The number of nitrogens with zero attached hydrogens (tertiary/aromatic N) is 1. The second kappa shape index (κ2) is 4.00. The summed E-state index contributed by atoms with van der Waals surface area (Å²) in [6.07, 6.45) is 2.50. The van der Waals surface area contributed by atoms with Crippen LogP contribution in [0, 0.1) is 16.0 Å². The van der Waals surface area contributed by atoms with Crippen LogP contribution in [0.25, 0.3) is 0 Å². The van der Waals surface area contributed by atoms with Gasteiger partial charge >= 0.3 is 0 Å². The lowest BCUT2D eigenvalue weighted by atomic mass is 10.1. The number of hydrogen-bond donors (Lipinski definition) is 1. The Kier molecular flexibility index (Phi) is 2.48. The molecule has 3 unspecified atom stereocenters. The van der Waals surface area contributed by atoms with Gasteiger partial charge in [0.1, 0.15) is 11.9 Å². The fraction of sp³-hybridized carbons (Fsp3) is 0.500. The summed E-state index contributed by atoms with van der Waals surface area (Å²) in [5.74, 6) is 1.32. The van der Waals surface area contributed by atoms with Crippen molar-refractivity contribution in [3.05, 3.63) is 34.4 Å². The van der Waals surface area contributed by atoms with Gasteiger partial charge in [0.15, 0.2) is 0 Å². The van der Waals surface area contributed by atoms with Gasteiger partial charge < -0.3 is 10.1 Å². The van der Waals surface area contributed by atoms with Gasteiger partial charge in [-0.25, -0.2) is 0 Å². The molecule has 2 aliphatic rings. The number of fused-ring (bicyclic) bond motifs is 2. The van der Waals surface area contributed by atoms with Gasteiger partial charge in [0.2, 0.25) is 0 Å². The largest absolute Gasteiger partial charge is 0.490 e. The zero-order valence-electron chi connectivity index (χ0n) is 9.33. The smallest absolute Gasteiger partial charge is 0.269 e. The lowest BCUT2D eigenvalue weighted by Gasteiger charge is -2.23. The van der Waals surface area contributed by atoms with E-state index >= 15 is 0 Å². The fourth-order valence-corrected chi connectivity index (χ4v) is 2.75. The van der Waals surface area contributed by atoms with Gasteiger partial charge in [-0.1, -0.05) is 0 Å². The van der Waals surface area contributed by atoms with Crippen LogP contribution >= 0.6 is 0 Å². The third-order valence-electron chi connectivity index (χ3n) is 3.63. The van der Waals surface area contributed by atoms with E-state index in [4.69, 9.17) is 4.74 Å². The maximum Gasteiger partial charge on any atom is 0.269 e. The molecule has 0 spiro atoms. The Hall–Kier alpha value is -1.62. The summed E-state index contributed by atoms with van der Waals surface area (Å²) in [5, 5.41) is 13.9. The molecule has 2 bridgehead atoms. The van der Waals surface area contributed by atoms with Gasteiger partial charge in [0, 0.05) is 30.6 Å². The first kappa shape index (κ1) is 10.5. The molecule has 1 aliphatic carbocycles. The normalized spacial score (nSPS) is 30.5. The highest BCUT2D eigenvalue weighted by Crippen LogP contribution is 2.34. The maximum atomic E-state index is 10.5. The molecule has 1 aromatic rings. The lowest BCUT2D eigenvalue weighted by Crippen LogP contribution is -2.35. The van der Waals surface area contributed by atoms with Crippen molar-refractivity contribution in [2.45, 2.75) is 25.0 Å². The van der Waals surface area contributed by atoms with Crippen LogP contribution < -0.4 is 10.1 Å². The van der Waals surface area contributed by atoms with Gasteiger partial charge in [-0.15, -0.1) is 0 Å². The van der Waals surface area contributed by atoms with Gasteiger partial charge in [-0.05, 0) is 25.0 Å². The standard InChI is InChI=1S/C12H14N2O3/c15-14(16)10-1-3-11(4-2-10)17-12-6-9-5-8(12)7-13-9/h1-4,8-9,12-13H,5-7H2. The van der Waals surface area contributed by atoms with E-state index in [-0.39, 0.29) is 11.8 Å². The first-order chi connectivity index (χ1) is 8.22. The fourth-order valence-electron chi connectivity index (χ4n) is 2.75. The second-order valence-corrected chi connectivity index (χ2v) is 4.74. The average Bonchev–Trinajstić information content (AvgIpc) is 2.91. The van der Waals surface area contributed by atoms with Gasteiger partial charge in [-0.2, -0.15) is 0 Å². The number of ether oxygens (including phenoxy) is 1. The first-order valence-corrected chi connectivity index (χ1v) is 5.87. The first-order valence-electron chi connectivity index (χ1n) is 5.87. The number of hydrogen-bond acceptors (Lipinski definition) is 4. The molecule has 90 valence electrons. The Morgan fingerprint density at radius 2 is 2.06 bits per heavy atom. The maximum absolute atomic E-state index is 10.5. The molecule has 1 saturated carbocycles. The van der Waals surface area contributed by atoms with Gasteiger partial charge in [0.25, 0.3) is 5.69 Å². The Morgan fingerprint density at radius 3 is 2.59 bits per heavy atom. The predicted octanol–water partition coefficient (Wildman–Crippen LogP) is 1.72. The monoisotopic (exact) mass is 234 g/mol. The van der Waals surface area contributed by atoms with E-state index in [1.165, 1.54) is 18.6 Å². The van der Waals surface area contributed by atoms with Crippen molar-refractivity contribution in [2.24, 2.45) is 5.92 Å². The van der Waals surface area contributed by atoms with Crippen molar-refractivity contribution in [1.82, 2.24) is 5.32 Å². The number of rotatable bonds is 3. The van der Waals surface area contributed by atoms with Crippen molar-refractivity contribution in [1.29, 1.82) is 0 Å². The van der Waals surface area contributed by atoms with Crippen molar-refractivity contribution in [3.8, 4) is 5.75 Å². The predicted molar refractivity (Wildman–Crippen MR) is 62.0 cm³/mol. The average molecular weight is 234 g/mol. The Bertz CT molecular complexity index is 432. The van der Waals surface area contributed by atoms with Crippen LogP contribution in [0.1, 0.15) is 12.8 Å². The van der Waals surface area contributed by atoms with E-state index < -0.39 is 4.92 Å². The Balaban J connectivity index is 1.67. The van der Waals surface area contributed by atoms with Crippen LogP contribution in [-0.2, 0) is 0 Å². The van der Waals surface area contributed by atoms with Crippen LogP contribution in [0.2, 0.25) is 0 Å². The van der Waals surface area contributed by atoms with E-state index in [1.54, 1.807) is 12.1 Å². The van der Waals surface area contributed by atoms with Crippen LogP contribution in [0.3, 0.4) is 0 Å². The highest BCUT2D eigenvalue weighted by atomic mass is 16.6. The molecular formula is C12H14N2O3. The van der Waals surface area contributed by atoms with Gasteiger partial charge in [-0.3, -0.25) is 10.1 Å². The quantitative estimate of drug-likeness (QED) is 0.639. The summed E-state index contributed by atoms with van der Waals surface area (Å²) in [6, 6.07) is 6.93. The Labute approximate surface area is 98.9 Å². The molecule has 1 aliphatic heterocycles. The summed E-state index contributed by atoms with van der Waals surface area (Å²) < 4.78 is 5.88. The number of non-ortho nitro benzene ring substituents is 1. The number of nitro groups is 1. The molecule has 0 radical (unpaired) electrons. The molecule has 5 heteroatoms. The third kappa shape index (κ3) is 1.98. The molecule has 1 heterocycles. The molecule has 1 aromatic carbocycles. The van der Waals surface area contributed by atoms with E-state index in [0.717, 1.165) is 18.7 Å². The lowest BCUT2D eigenvalue weighted by molar-refractivity contribution is -0.384. The minimum Gasteiger partial charge on any atom is -0.490 e. The zero-order valence-corrected chi connectivity index (χ0v) is 9.33. The second-order valence-electron chi connectivity index (χ2n) is 4.74. The molecule has 0 amide bonds. The molecule has 3 atom stereocenters. The van der Waals surface area contributed by atoms with Crippen molar-refractivity contribution < 1.29 is 9.66 Å². The molecular weight excluding hydrogens is 220 g/mol. The van der Waals surface area contributed by atoms with E-state index in [0.29, 0.717) is 12.0 Å². The van der Waals surface area contributed by atoms with Crippen molar-refractivity contribution in [2.75, 3.05) is 6.54 Å². The highest BCUT2D eigenvalue weighted by Gasteiger charge is 2.40. The van der Waals surface area contributed by atoms with E-state index in [9.17, 15) is 10.1 Å². The van der Waals surface area contributed by atoms with E-state index in [2.05, 4.69) is 5.32 Å². The third-order valence-corrected chi connectivity index (χ3v) is 3.63. The number of nitrogens with one attached hydrogen (secondary N) is 1. The summed E-state index contributed by atoms with van der Waals surface area (Å²) in [4.78, 5) is 10.1. The molecule has 1 saturated heterocycles. The number of benzene rings is 1. The van der Waals surface area contributed by atoms with Crippen molar-refractivity contribution in [3.63, 3.8) is 0 Å². The molecule has 2 fully saturated rings. The van der Waals surface area contributed by atoms with Crippen LogP contribution in [0.15, 0.2) is 24.3 Å². The molecule has 3 rings (SSSR count). The summed E-state index contributed by atoms with van der Waals surface area (Å²) in [6.45, 7) is 1.03. The molecule has 5 nitrogen and oxygen atoms in total. The summed E-state index contributed by atoms with van der Waals surface area (Å²) in [5.41, 5.74) is 0.104. The van der Waals surface area contributed by atoms with Crippen molar-refractivity contribution >= 4 is 5.69 Å². The van der Waals surface area contributed by atoms with E-state index in [1.807, 2.05) is 0 Å². The molecule has 0 aromatic heterocycles. The molecule has 17 heavy (non-hydrogen) atoms. The minimum atomic E-state index is -0.398. The number of nitro benzene ring substituents is 1. The molecule has 1 N–H and O–H groups in total.